The van der Waals surface area contributed by atoms with Crippen molar-refractivity contribution in [3.8, 4) is 0 Å². The molecule has 80 valence electrons. The molecule has 0 unspecified atom stereocenters. The summed E-state index contributed by atoms with van der Waals surface area (Å²) >= 11 is 0. The summed E-state index contributed by atoms with van der Waals surface area (Å²) in [5, 5.41) is 3.09. The van der Waals surface area contributed by atoms with E-state index in [1.54, 1.807) is 0 Å². The lowest BCUT2D eigenvalue weighted by molar-refractivity contribution is 0.112. The number of aldehydes is 1. The Balaban J connectivity index is 2.67. The van der Waals surface area contributed by atoms with E-state index in [0.717, 1.165) is 35.9 Å². The van der Waals surface area contributed by atoms with Crippen LogP contribution in [0.2, 0.25) is 0 Å². The lowest BCUT2D eigenvalue weighted by Gasteiger charge is -1.99. The topological polar surface area (TPSA) is 29.1 Å². The van der Waals surface area contributed by atoms with Crippen molar-refractivity contribution in [1.82, 2.24) is 5.32 Å². The molecule has 1 rings (SSSR count). The molecular formula is C13H17NO. The third kappa shape index (κ3) is 3.68. The number of benzene rings is 1. The summed E-state index contributed by atoms with van der Waals surface area (Å²) in [4.78, 5) is 10.6. The molecule has 0 amide bonds. The number of nitrogens with one attached hydrogen (secondary N) is 1. The highest BCUT2D eigenvalue weighted by Crippen LogP contribution is 2.10. The zero-order chi connectivity index (χ0) is 11.1. The Kier molecular flexibility index (Phi) is 4.78. The highest BCUT2D eigenvalue weighted by molar-refractivity contribution is 5.77. The minimum Gasteiger partial charge on any atom is -0.319 e. The highest BCUT2D eigenvalue weighted by atomic mass is 16.1. The van der Waals surface area contributed by atoms with Gasteiger partial charge in [0.25, 0.3) is 0 Å². The van der Waals surface area contributed by atoms with Crippen LogP contribution in [-0.2, 0) is 0 Å². The maximum atomic E-state index is 10.6. The molecule has 0 saturated heterocycles. The third-order valence-electron chi connectivity index (χ3n) is 2.29. The van der Waals surface area contributed by atoms with E-state index in [1.165, 1.54) is 0 Å². The van der Waals surface area contributed by atoms with Crippen molar-refractivity contribution < 1.29 is 4.79 Å². The van der Waals surface area contributed by atoms with E-state index in [9.17, 15) is 4.79 Å². The van der Waals surface area contributed by atoms with Gasteiger partial charge in [-0.2, -0.15) is 0 Å². The standard InChI is InChI=1S/C13H17NO/c1-11-9-12(5-3-4-8-14-2)6-7-13(11)10-15/h3,5-7,9-10,14H,4,8H2,1-2H3. The van der Waals surface area contributed by atoms with Crippen molar-refractivity contribution >= 4 is 12.4 Å². The fraction of sp³-hybridized carbons (Fsp3) is 0.308. The number of carbonyl (C=O) groups is 1. The van der Waals surface area contributed by atoms with Gasteiger partial charge in [0, 0.05) is 5.56 Å². The summed E-state index contributed by atoms with van der Waals surface area (Å²) in [6.45, 7) is 2.94. The second-order valence-electron chi connectivity index (χ2n) is 3.53. The first kappa shape index (κ1) is 11.7. The lowest BCUT2D eigenvalue weighted by Crippen LogP contribution is -2.05. The Labute approximate surface area is 91.0 Å². The van der Waals surface area contributed by atoms with Crippen LogP contribution in [0.4, 0.5) is 0 Å². The Bertz CT molecular complexity index is 356. The van der Waals surface area contributed by atoms with E-state index in [1.807, 2.05) is 32.2 Å². The zero-order valence-electron chi connectivity index (χ0n) is 9.29. The van der Waals surface area contributed by atoms with Crippen LogP contribution in [0.25, 0.3) is 6.08 Å². The van der Waals surface area contributed by atoms with Gasteiger partial charge < -0.3 is 5.32 Å². The van der Waals surface area contributed by atoms with E-state index in [4.69, 9.17) is 0 Å². The first-order valence-corrected chi connectivity index (χ1v) is 5.15. The largest absolute Gasteiger partial charge is 0.319 e. The minimum atomic E-state index is 0.766. The summed E-state index contributed by atoms with van der Waals surface area (Å²) in [6, 6.07) is 5.85. The maximum absolute atomic E-state index is 10.6. The predicted molar refractivity (Wildman–Crippen MR) is 64.1 cm³/mol. The lowest BCUT2D eigenvalue weighted by atomic mass is 10.1. The molecule has 0 bridgehead atoms. The number of hydrogen-bond acceptors (Lipinski definition) is 2. The van der Waals surface area contributed by atoms with Gasteiger partial charge in [-0.15, -0.1) is 0 Å². The summed E-state index contributed by atoms with van der Waals surface area (Å²) in [5.74, 6) is 0. The van der Waals surface area contributed by atoms with Crippen molar-refractivity contribution in [2.45, 2.75) is 13.3 Å². The minimum absolute atomic E-state index is 0.766. The van der Waals surface area contributed by atoms with Crippen LogP contribution in [0.5, 0.6) is 0 Å². The summed E-state index contributed by atoms with van der Waals surface area (Å²) < 4.78 is 0. The van der Waals surface area contributed by atoms with Crippen LogP contribution in [0.15, 0.2) is 24.3 Å². The van der Waals surface area contributed by atoms with Crippen LogP contribution in [0.3, 0.4) is 0 Å². The molecule has 1 aromatic rings. The summed E-state index contributed by atoms with van der Waals surface area (Å²) in [7, 11) is 1.94. The Morgan fingerprint density at radius 2 is 2.20 bits per heavy atom. The molecule has 15 heavy (non-hydrogen) atoms. The average molecular weight is 203 g/mol. The second-order valence-corrected chi connectivity index (χ2v) is 3.53. The average Bonchev–Trinajstić information content (AvgIpc) is 2.25. The van der Waals surface area contributed by atoms with Crippen molar-refractivity contribution in [3.05, 3.63) is 41.0 Å². The Morgan fingerprint density at radius 1 is 1.40 bits per heavy atom. The molecule has 0 fully saturated rings. The van der Waals surface area contributed by atoms with Gasteiger partial charge in [0.2, 0.25) is 0 Å². The first-order valence-electron chi connectivity index (χ1n) is 5.15. The zero-order valence-corrected chi connectivity index (χ0v) is 9.29. The molecule has 0 radical (unpaired) electrons. The smallest absolute Gasteiger partial charge is 0.150 e. The molecule has 0 heterocycles. The monoisotopic (exact) mass is 203 g/mol. The molecule has 0 atom stereocenters. The number of rotatable bonds is 5. The van der Waals surface area contributed by atoms with Gasteiger partial charge >= 0.3 is 0 Å². The molecule has 1 aromatic carbocycles. The molecule has 0 saturated carbocycles. The van der Waals surface area contributed by atoms with Crippen molar-refractivity contribution in [1.29, 1.82) is 0 Å². The molecule has 0 aliphatic carbocycles. The van der Waals surface area contributed by atoms with Gasteiger partial charge in [0.05, 0.1) is 0 Å². The van der Waals surface area contributed by atoms with Gasteiger partial charge in [0.1, 0.15) is 6.29 Å². The molecule has 0 aromatic heterocycles. The molecule has 2 nitrogen and oxygen atoms in total. The SMILES string of the molecule is CNCCC=Cc1ccc(C=O)c(C)c1. The fourth-order valence-electron chi connectivity index (χ4n) is 1.38. The molecule has 1 N–H and O–H groups in total. The number of hydrogen-bond donors (Lipinski definition) is 1. The van der Waals surface area contributed by atoms with Gasteiger partial charge in [-0.05, 0) is 38.1 Å². The Hall–Kier alpha value is -1.41. The molecule has 0 aliphatic rings. The first-order chi connectivity index (χ1) is 7.27. The molecule has 2 heteroatoms. The summed E-state index contributed by atoms with van der Waals surface area (Å²) in [5.41, 5.74) is 2.94. The Morgan fingerprint density at radius 3 is 2.80 bits per heavy atom. The van der Waals surface area contributed by atoms with Crippen LogP contribution in [0, 0.1) is 6.92 Å². The van der Waals surface area contributed by atoms with Gasteiger partial charge in [0.15, 0.2) is 0 Å². The number of carbonyl (C=O) groups excluding carboxylic acids is 1. The van der Waals surface area contributed by atoms with Crippen LogP contribution in [0.1, 0.15) is 27.9 Å². The predicted octanol–water partition coefficient (Wildman–Crippen LogP) is 2.43. The van der Waals surface area contributed by atoms with Gasteiger partial charge in [-0.25, -0.2) is 0 Å². The van der Waals surface area contributed by atoms with Crippen LogP contribution < -0.4 is 5.32 Å². The van der Waals surface area contributed by atoms with Crippen molar-refractivity contribution in [3.63, 3.8) is 0 Å². The van der Waals surface area contributed by atoms with Crippen LogP contribution in [-0.4, -0.2) is 19.9 Å². The van der Waals surface area contributed by atoms with Gasteiger partial charge in [-0.1, -0.05) is 30.4 Å². The van der Waals surface area contributed by atoms with Gasteiger partial charge in [-0.3, -0.25) is 4.79 Å². The molecule has 0 aliphatic heterocycles. The normalized spacial score (nSPS) is 10.8. The van der Waals surface area contributed by atoms with E-state index in [0.29, 0.717) is 0 Å². The maximum Gasteiger partial charge on any atom is 0.150 e. The van der Waals surface area contributed by atoms with E-state index in [2.05, 4.69) is 17.5 Å². The molecule has 0 spiro atoms. The third-order valence-corrected chi connectivity index (χ3v) is 2.29. The van der Waals surface area contributed by atoms with Crippen LogP contribution >= 0.6 is 0 Å². The second kappa shape index (κ2) is 6.14. The summed E-state index contributed by atoms with van der Waals surface area (Å²) in [6.07, 6.45) is 6.12. The van der Waals surface area contributed by atoms with Crippen molar-refractivity contribution in [2.75, 3.05) is 13.6 Å². The molecular weight excluding hydrogens is 186 g/mol. The van der Waals surface area contributed by atoms with E-state index >= 15 is 0 Å². The fourth-order valence-corrected chi connectivity index (χ4v) is 1.38. The van der Waals surface area contributed by atoms with E-state index in [-0.39, 0.29) is 0 Å². The van der Waals surface area contributed by atoms with E-state index < -0.39 is 0 Å². The quantitative estimate of drug-likeness (QED) is 0.588. The van der Waals surface area contributed by atoms with Crippen molar-refractivity contribution in [2.24, 2.45) is 0 Å². The highest BCUT2D eigenvalue weighted by Gasteiger charge is 1.95. The number of aryl methyl sites for hydroxylation is 1.